The van der Waals surface area contributed by atoms with Gasteiger partial charge in [-0.2, -0.15) is 0 Å². The highest BCUT2D eigenvalue weighted by Crippen LogP contribution is 2.17. The molecule has 0 radical (unpaired) electrons. The van der Waals surface area contributed by atoms with E-state index in [-0.39, 0.29) is 17.3 Å². The summed E-state index contributed by atoms with van der Waals surface area (Å²) in [5, 5.41) is 6.91. The van der Waals surface area contributed by atoms with E-state index >= 15 is 0 Å². The molecule has 2 aromatic rings. The van der Waals surface area contributed by atoms with E-state index in [9.17, 15) is 9.59 Å². The van der Waals surface area contributed by atoms with Crippen LogP contribution in [-0.2, 0) is 16.1 Å². The highest BCUT2D eigenvalue weighted by molar-refractivity contribution is 7.99. The van der Waals surface area contributed by atoms with Crippen molar-refractivity contribution in [1.82, 2.24) is 14.8 Å². The van der Waals surface area contributed by atoms with Gasteiger partial charge in [-0.3, -0.25) is 9.36 Å². The number of hydrogen-bond donors (Lipinski definition) is 1. The molecule has 7 nitrogen and oxygen atoms in total. The number of ether oxygens (including phenoxy) is 1. The summed E-state index contributed by atoms with van der Waals surface area (Å²) in [6.07, 6.45) is 0.710. The monoisotopic (exact) mass is 336 g/mol. The zero-order valence-corrected chi connectivity index (χ0v) is 14.0. The predicted octanol–water partition coefficient (Wildman–Crippen LogP) is 1.36. The molecule has 1 aromatic carbocycles. The molecule has 0 saturated carbocycles. The lowest BCUT2D eigenvalue weighted by molar-refractivity contribution is -0.115. The van der Waals surface area contributed by atoms with Gasteiger partial charge in [-0.25, -0.2) is 9.89 Å². The van der Waals surface area contributed by atoms with Crippen molar-refractivity contribution in [3.63, 3.8) is 0 Å². The minimum atomic E-state index is -0.271. The van der Waals surface area contributed by atoms with Crippen LogP contribution in [0.1, 0.15) is 6.42 Å². The maximum atomic E-state index is 12.3. The molecule has 1 amide bonds. The van der Waals surface area contributed by atoms with Crippen molar-refractivity contribution in [3.8, 4) is 0 Å². The second-order valence-electron chi connectivity index (χ2n) is 4.89. The Morgan fingerprint density at radius 3 is 2.83 bits per heavy atom. The third-order valence-corrected chi connectivity index (χ3v) is 4.26. The number of nitrogens with one attached hydrogen (secondary N) is 1. The Balaban J connectivity index is 1.95. The first-order chi connectivity index (χ1) is 11.1. The fourth-order valence-corrected chi connectivity index (χ4v) is 2.88. The summed E-state index contributed by atoms with van der Waals surface area (Å²) in [6, 6.07) is 9.41. The number of H-pyrrole nitrogens is 1. The van der Waals surface area contributed by atoms with E-state index in [0.29, 0.717) is 24.7 Å². The van der Waals surface area contributed by atoms with Gasteiger partial charge in [0.1, 0.15) is 0 Å². The molecule has 0 atom stereocenters. The van der Waals surface area contributed by atoms with E-state index in [1.807, 2.05) is 30.3 Å². The van der Waals surface area contributed by atoms with E-state index in [1.54, 1.807) is 19.1 Å². The number of amides is 1. The Kier molecular flexibility index (Phi) is 6.42. The topological polar surface area (TPSA) is 80.2 Å². The average Bonchev–Trinajstić information content (AvgIpc) is 2.93. The number of thioether (sulfide) groups is 1. The van der Waals surface area contributed by atoms with Crippen LogP contribution in [0.25, 0.3) is 0 Å². The number of methoxy groups -OCH3 is 1. The zero-order valence-electron chi connectivity index (χ0n) is 13.2. The Morgan fingerprint density at radius 1 is 1.39 bits per heavy atom. The molecule has 1 N–H and O–H groups in total. The van der Waals surface area contributed by atoms with Crippen LogP contribution in [-0.4, -0.2) is 47.2 Å². The molecule has 0 bridgehead atoms. The van der Waals surface area contributed by atoms with E-state index < -0.39 is 0 Å². The molecule has 0 saturated heterocycles. The van der Waals surface area contributed by atoms with Crippen LogP contribution >= 0.6 is 11.8 Å². The minimum absolute atomic E-state index is 0.0555. The molecule has 124 valence electrons. The van der Waals surface area contributed by atoms with Gasteiger partial charge in [0.2, 0.25) is 5.91 Å². The highest BCUT2D eigenvalue weighted by Gasteiger charge is 2.14. The van der Waals surface area contributed by atoms with Crippen LogP contribution in [0.4, 0.5) is 5.69 Å². The van der Waals surface area contributed by atoms with Gasteiger partial charge in [0.25, 0.3) is 0 Å². The summed E-state index contributed by atoms with van der Waals surface area (Å²) in [6.45, 7) is 1.08. The maximum absolute atomic E-state index is 12.3. The fraction of sp³-hybridized carbons (Fsp3) is 0.400. The number of rotatable bonds is 8. The summed E-state index contributed by atoms with van der Waals surface area (Å²) < 4.78 is 6.51. The fourth-order valence-electron chi connectivity index (χ4n) is 2.00. The molecule has 0 spiro atoms. The van der Waals surface area contributed by atoms with Crippen LogP contribution in [0.2, 0.25) is 0 Å². The first-order valence-corrected chi connectivity index (χ1v) is 8.20. The van der Waals surface area contributed by atoms with Gasteiger partial charge in [-0.15, -0.1) is 5.10 Å². The van der Waals surface area contributed by atoms with Crippen molar-refractivity contribution in [1.29, 1.82) is 0 Å². The van der Waals surface area contributed by atoms with E-state index in [1.165, 1.54) is 16.3 Å². The molecule has 0 aliphatic heterocycles. The summed E-state index contributed by atoms with van der Waals surface area (Å²) in [4.78, 5) is 25.6. The third kappa shape index (κ3) is 4.70. The predicted molar refractivity (Wildman–Crippen MR) is 89.9 cm³/mol. The van der Waals surface area contributed by atoms with Crippen LogP contribution in [0.15, 0.2) is 40.3 Å². The standard InChI is InChI=1S/C15H20N4O3S/c1-18(12-7-4-3-5-8-12)13(20)11-23-15-17-16-14(21)19(15)9-6-10-22-2/h3-5,7-8H,6,9-11H2,1-2H3,(H,16,21). The number of nitrogens with zero attached hydrogens (tertiary/aromatic N) is 3. The van der Waals surface area contributed by atoms with Crippen LogP contribution in [0, 0.1) is 0 Å². The van der Waals surface area contributed by atoms with Crippen LogP contribution < -0.4 is 10.6 Å². The van der Waals surface area contributed by atoms with Crippen LogP contribution in [0.5, 0.6) is 0 Å². The van der Waals surface area contributed by atoms with Crippen LogP contribution in [0.3, 0.4) is 0 Å². The van der Waals surface area contributed by atoms with Gasteiger partial charge in [0, 0.05) is 33.0 Å². The molecule has 0 unspecified atom stereocenters. The molecule has 2 rings (SSSR count). The van der Waals surface area contributed by atoms with Crippen molar-refractivity contribution in [3.05, 3.63) is 40.8 Å². The van der Waals surface area contributed by atoms with Gasteiger partial charge in [-0.05, 0) is 18.6 Å². The van der Waals surface area contributed by atoms with Gasteiger partial charge in [0.15, 0.2) is 5.16 Å². The third-order valence-electron chi connectivity index (χ3n) is 3.30. The Bertz CT molecular complexity index is 684. The Hall–Kier alpha value is -2.06. The molecule has 1 heterocycles. The quantitative estimate of drug-likeness (QED) is 0.582. The smallest absolute Gasteiger partial charge is 0.343 e. The number of aromatic amines is 1. The molecule has 8 heteroatoms. The number of aromatic nitrogens is 3. The van der Waals surface area contributed by atoms with Crippen molar-refractivity contribution >= 4 is 23.4 Å². The highest BCUT2D eigenvalue weighted by atomic mass is 32.2. The first kappa shape index (κ1) is 17.3. The van der Waals surface area contributed by atoms with E-state index in [2.05, 4.69) is 10.2 Å². The molecule has 0 aliphatic carbocycles. The SMILES string of the molecule is COCCCn1c(SCC(=O)N(C)c2ccccc2)n[nH]c1=O. The summed E-state index contributed by atoms with van der Waals surface area (Å²) in [7, 11) is 3.35. The van der Waals surface area contributed by atoms with E-state index in [0.717, 1.165) is 5.69 Å². The number of benzene rings is 1. The molecular weight excluding hydrogens is 316 g/mol. The summed E-state index contributed by atoms with van der Waals surface area (Å²) in [5.41, 5.74) is 0.560. The zero-order chi connectivity index (χ0) is 16.7. The average molecular weight is 336 g/mol. The second-order valence-corrected chi connectivity index (χ2v) is 5.83. The first-order valence-electron chi connectivity index (χ1n) is 7.22. The number of carbonyl (C=O) groups is 1. The maximum Gasteiger partial charge on any atom is 0.343 e. The lowest BCUT2D eigenvalue weighted by atomic mass is 10.3. The Labute approximate surface area is 138 Å². The van der Waals surface area contributed by atoms with Crippen molar-refractivity contribution in [2.45, 2.75) is 18.1 Å². The number of hydrogen-bond acceptors (Lipinski definition) is 5. The van der Waals surface area contributed by atoms with Gasteiger partial charge >= 0.3 is 5.69 Å². The number of anilines is 1. The summed E-state index contributed by atoms with van der Waals surface area (Å²) in [5.74, 6) is 0.153. The largest absolute Gasteiger partial charge is 0.385 e. The van der Waals surface area contributed by atoms with Crippen molar-refractivity contribution < 1.29 is 9.53 Å². The number of carbonyl (C=O) groups excluding carboxylic acids is 1. The minimum Gasteiger partial charge on any atom is -0.385 e. The molecule has 0 aliphatic rings. The Morgan fingerprint density at radius 2 is 2.13 bits per heavy atom. The van der Waals surface area contributed by atoms with Gasteiger partial charge in [0.05, 0.1) is 5.75 Å². The second kappa shape index (κ2) is 8.54. The molecular formula is C15H20N4O3S. The molecule has 23 heavy (non-hydrogen) atoms. The summed E-state index contributed by atoms with van der Waals surface area (Å²) >= 11 is 1.25. The lowest BCUT2D eigenvalue weighted by Crippen LogP contribution is -2.28. The lowest BCUT2D eigenvalue weighted by Gasteiger charge is -2.16. The molecule has 0 fully saturated rings. The van der Waals surface area contributed by atoms with E-state index in [4.69, 9.17) is 4.74 Å². The van der Waals surface area contributed by atoms with Crippen molar-refractivity contribution in [2.24, 2.45) is 0 Å². The van der Waals surface area contributed by atoms with Crippen molar-refractivity contribution in [2.75, 3.05) is 31.4 Å². The van der Waals surface area contributed by atoms with Gasteiger partial charge in [-0.1, -0.05) is 30.0 Å². The van der Waals surface area contributed by atoms with Gasteiger partial charge < -0.3 is 9.64 Å². The molecule has 1 aromatic heterocycles. The number of para-hydroxylation sites is 1. The normalized spacial score (nSPS) is 10.7.